The van der Waals surface area contributed by atoms with Gasteiger partial charge in [0.2, 0.25) is 0 Å². The van der Waals surface area contributed by atoms with Gasteiger partial charge in [-0.3, -0.25) is 4.79 Å². The van der Waals surface area contributed by atoms with Gasteiger partial charge in [-0.25, -0.2) is 4.79 Å². The molecule has 0 aliphatic carbocycles. The molecule has 106 valence electrons. The first-order valence-electron chi connectivity index (χ1n) is 6.86. The minimum atomic E-state index is -0.754. The second-order valence-electron chi connectivity index (χ2n) is 4.37. The van der Waals surface area contributed by atoms with Crippen LogP contribution in [-0.4, -0.2) is 41.6 Å². The second kappa shape index (κ2) is 10.9. The van der Waals surface area contributed by atoms with Crippen molar-refractivity contribution in [2.24, 2.45) is 0 Å². The third-order valence-corrected chi connectivity index (χ3v) is 2.79. The molecule has 0 unspecified atom stereocenters. The minimum absolute atomic E-state index is 0.0100. The molecule has 0 atom stereocenters. The average molecular weight is 258 g/mol. The Morgan fingerprint density at radius 1 is 1.11 bits per heavy atom. The molecule has 0 radical (unpaired) electrons. The maximum absolute atomic E-state index is 11.7. The van der Waals surface area contributed by atoms with Gasteiger partial charge in [0.15, 0.2) is 0 Å². The molecule has 0 heterocycles. The zero-order valence-electron chi connectivity index (χ0n) is 11.6. The number of carbonyl (C=O) groups excluding carboxylic acids is 1. The molecule has 0 saturated carbocycles. The molecule has 0 aliphatic rings. The number of carboxylic acid groups (broad SMARTS) is 1. The first kappa shape index (κ1) is 16.7. The summed E-state index contributed by atoms with van der Waals surface area (Å²) in [5.41, 5.74) is 0. The van der Waals surface area contributed by atoms with Crippen LogP contribution >= 0.6 is 0 Å². The van der Waals surface area contributed by atoms with Crippen LogP contribution in [0.2, 0.25) is 0 Å². The number of nitrogens with one attached hydrogen (secondary N) is 1. The Morgan fingerprint density at radius 2 is 1.83 bits per heavy atom. The van der Waals surface area contributed by atoms with Crippen LogP contribution in [0.15, 0.2) is 0 Å². The minimum Gasteiger partial charge on any atom is -0.481 e. The summed E-state index contributed by atoms with van der Waals surface area (Å²) >= 11 is 0. The number of unbranched alkanes of at least 4 members (excludes halogenated alkanes) is 3. The zero-order valence-corrected chi connectivity index (χ0v) is 11.6. The van der Waals surface area contributed by atoms with Crippen molar-refractivity contribution >= 4 is 12.0 Å². The average Bonchev–Trinajstić information content (AvgIpc) is 2.34. The maximum Gasteiger partial charge on any atom is 0.317 e. The van der Waals surface area contributed by atoms with Crippen molar-refractivity contribution in [1.82, 2.24) is 10.2 Å². The molecule has 18 heavy (non-hydrogen) atoms. The summed E-state index contributed by atoms with van der Waals surface area (Å²) in [5, 5.41) is 11.3. The van der Waals surface area contributed by atoms with Crippen LogP contribution in [0.1, 0.15) is 52.4 Å². The number of carbonyl (C=O) groups is 2. The largest absolute Gasteiger partial charge is 0.481 e. The molecule has 5 nitrogen and oxygen atoms in total. The number of rotatable bonds is 10. The van der Waals surface area contributed by atoms with E-state index in [1.54, 1.807) is 4.90 Å². The fourth-order valence-electron chi connectivity index (χ4n) is 1.64. The number of urea groups is 1. The Morgan fingerprint density at radius 3 is 2.39 bits per heavy atom. The molecule has 0 aromatic carbocycles. The Bertz CT molecular complexity index is 244. The van der Waals surface area contributed by atoms with E-state index in [1.807, 2.05) is 6.92 Å². The SMILES string of the molecule is CCCCN(CC)C(=O)NCCCCCC(=O)O. The number of nitrogens with zero attached hydrogens (tertiary/aromatic N) is 1. The number of hydrogen-bond acceptors (Lipinski definition) is 2. The van der Waals surface area contributed by atoms with Gasteiger partial charge in [-0.05, 0) is 26.2 Å². The summed E-state index contributed by atoms with van der Waals surface area (Å²) in [7, 11) is 0. The van der Waals surface area contributed by atoms with Gasteiger partial charge in [0, 0.05) is 26.1 Å². The van der Waals surface area contributed by atoms with Gasteiger partial charge in [0.05, 0.1) is 0 Å². The Kier molecular flexibility index (Phi) is 10.1. The topological polar surface area (TPSA) is 69.6 Å². The van der Waals surface area contributed by atoms with Crippen LogP contribution in [0.5, 0.6) is 0 Å². The lowest BCUT2D eigenvalue weighted by Crippen LogP contribution is -2.40. The van der Waals surface area contributed by atoms with Gasteiger partial charge < -0.3 is 15.3 Å². The van der Waals surface area contributed by atoms with E-state index < -0.39 is 5.97 Å². The molecular formula is C13H26N2O3. The molecule has 0 bridgehead atoms. The van der Waals surface area contributed by atoms with E-state index in [1.165, 1.54) is 0 Å². The maximum atomic E-state index is 11.7. The summed E-state index contributed by atoms with van der Waals surface area (Å²) in [5.74, 6) is -0.754. The highest BCUT2D eigenvalue weighted by Crippen LogP contribution is 1.99. The van der Waals surface area contributed by atoms with E-state index in [4.69, 9.17) is 5.11 Å². The Labute approximate surface area is 110 Å². The molecule has 2 amide bonds. The van der Waals surface area contributed by atoms with Gasteiger partial charge in [0.1, 0.15) is 0 Å². The van der Waals surface area contributed by atoms with E-state index in [0.29, 0.717) is 13.0 Å². The Hall–Kier alpha value is -1.26. The lowest BCUT2D eigenvalue weighted by atomic mass is 10.2. The predicted octanol–water partition coefficient (Wildman–Crippen LogP) is 2.46. The number of carboxylic acids is 1. The van der Waals surface area contributed by atoms with E-state index in [2.05, 4.69) is 12.2 Å². The van der Waals surface area contributed by atoms with E-state index in [-0.39, 0.29) is 12.5 Å². The van der Waals surface area contributed by atoms with Crippen LogP contribution < -0.4 is 5.32 Å². The summed E-state index contributed by atoms with van der Waals surface area (Å²) < 4.78 is 0. The fraction of sp³-hybridized carbons (Fsp3) is 0.846. The van der Waals surface area contributed by atoms with Crippen molar-refractivity contribution in [3.8, 4) is 0 Å². The fourth-order valence-corrected chi connectivity index (χ4v) is 1.64. The highest BCUT2D eigenvalue weighted by Gasteiger charge is 2.09. The van der Waals surface area contributed by atoms with Crippen LogP contribution in [0.3, 0.4) is 0 Å². The molecule has 0 spiro atoms. The first-order valence-corrected chi connectivity index (χ1v) is 6.86. The summed E-state index contributed by atoms with van der Waals surface area (Å²) in [6, 6.07) is -0.0100. The lowest BCUT2D eigenvalue weighted by molar-refractivity contribution is -0.137. The zero-order chi connectivity index (χ0) is 13.8. The van der Waals surface area contributed by atoms with Crippen molar-refractivity contribution in [3.05, 3.63) is 0 Å². The highest BCUT2D eigenvalue weighted by molar-refractivity contribution is 5.74. The number of amides is 2. The summed E-state index contributed by atoms with van der Waals surface area (Å²) in [6.07, 6.45) is 4.68. The standard InChI is InChI=1S/C13H26N2O3/c1-3-5-11-15(4-2)13(18)14-10-8-6-7-9-12(16)17/h3-11H2,1-2H3,(H,14,18)(H,16,17). The van der Waals surface area contributed by atoms with Crippen molar-refractivity contribution in [1.29, 1.82) is 0 Å². The molecule has 0 fully saturated rings. The van der Waals surface area contributed by atoms with Gasteiger partial charge in [0.25, 0.3) is 0 Å². The molecule has 0 aromatic heterocycles. The predicted molar refractivity (Wildman–Crippen MR) is 71.7 cm³/mol. The smallest absolute Gasteiger partial charge is 0.317 e. The van der Waals surface area contributed by atoms with Crippen LogP contribution in [0.4, 0.5) is 4.79 Å². The van der Waals surface area contributed by atoms with E-state index in [9.17, 15) is 9.59 Å². The lowest BCUT2D eigenvalue weighted by Gasteiger charge is -2.21. The van der Waals surface area contributed by atoms with E-state index in [0.717, 1.165) is 38.8 Å². The molecule has 0 rings (SSSR count). The highest BCUT2D eigenvalue weighted by atomic mass is 16.4. The number of aliphatic carboxylic acids is 1. The summed E-state index contributed by atoms with van der Waals surface area (Å²) in [4.78, 5) is 23.8. The van der Waals surface area contributed by atoms with Gasteiger partial charge in [-0.2, -0.15) is 0 Å². The van der Waals surface area contributed by atoms with Crippen molar-refractivity contribution in [3.63, 3.8) is 0 Å². The van der Waals surface area contributed by atoms with Crippen molar-refractivity contribution < 1.29 is 14.7 Å². The monoisotopic (exact) mass is 258 g/mol. The second-order valence-corrected chi connectivity index (χ2v) is 4.37. The van der Waals surface area contributed by atoms with Gasteiger partial charge in [-0.1, -0.05) is 19.8 Å². The first-order chi connectivity index (χ1) is 8.61. The third kappa shape index (κ3) is 8.84. The summed E-state index contributed by atoms with van der Waals surface area (Å²) in [6.45, 7) is 6.24. The molecule has 0 aromatic rings. The van der Waals surface area contributed by atoms with Crippen LogP contribution in [0.25, 0.3) is 0 Å². The third-order valence-electron chi connectivity index (χ3n) is 2.79. The Balaban J connectivity index is 3.58. The number of hydrogen-bond donors (Lipinski definition) is 2. The van der Waals surface area contributed by atoms with Crippen molar-refractivity contribution in [2.45, 2.75) is 52.4 Å². The molecule has 0 saturated heterocycles. The quantitative estimate of drug-likeness (QED) is 0.591. The van der Waals surface area contributed by atoms with Gasteiger partial charge >= 0.3 is 12.0 Å². The van der Waals surface area contributed by atoms with Crippen LogP contribution in [-0.2, 0) is 4.79 Å². The molecule has 5 heteroatoms. The van der Waals surface area contributed by atoms with Crippen molar-refractivity contribution in [2.75, 3.05) is 19.6 Å². The van der Waals surface area contributed by atoms with E-state index >= 15 is 0 Å². The van der Waals surface area contributed by atoms with Crippen LogP contribution in [0, 0.1) is 0 Å². The normalized spacial score (nSPS) is 10.1. The molecule has 0 aliphatic heterocycles. The van der Waals surface area contributed by atoms with Gasteiger partial charge in [-0.15, -0.1) is 0 Å². The molecule has 2 N–H and O–H groups in total. The molecular weight excluding hydrogens is 232 g/mol.